The van der Waals surface area contributed by atoms with Crippen molar-refractivity contribution in [1.82, 2.24) is 5.16 Å². The topological polar surface area (TPSA) is 92.4 Å². The molecule has 148 valence electrons. The monoisotopic (exact) mass is 387 g/mol. The fraction of sp³-hybridized carbons (Fsp3) is 0.250. The van der Waals surface area contributed by atoms with Gasteiger partial charge in [0.15, 0.2) is 28.8 Å². The maximum Gasteiger partial charge on any atom is 0.207 e. The van der Waals surface area contributed by atoms with Crippen LogP contribution < -0.4 is 23.7 Å². The van der Waals surface area contributed by atoms with Crippen molar-refractivity contribution in [3.05, 3.63) is 30.3 Å². The number of rotatable bonds is 7. The molecule has 2 aromatic carbocycles. The molecule has 0 aliphatic rings. The molecule has 0 unspecified atom stereocenters. The first-order valence-corrected chi connectivity index (χ1v) is 8.29. The molecule has 0 saturated carbocycles. The van der Waals surface area contributed by atoms with Gasteiger partial charge >= 0.3 is 0 Å². The van der Waals surface area contributed by atoms with Gasteiger partial charge in [-0.1, -0.05) is 5.16 Å². The second kappa shape index (κ2) is 7.99. The fourth-order valence-electron chi connectivity index (χ4n) is 2.90. The quantitative estimate of drug-likeness (QED) is 0.655. The lowest BCUT2D eigenvalue weighted by molar-refractivity contribution is 0.306. The summed E-state index contributed by atoms with van der Waals surface area (Å²) in [5.74, 6) is 2.52. The first-order valence-electron chi connectivity index (χ1n) is 8.29. The van der Waals surface area contributed by atoms with E-state index >= 15 is 0 Å². The molecule has 0 amide bonds. The Morgan fingerprint density at radius 3 is 2.00 bits per heavy atom. The Morgan fingerprint density at radius 2 is 1.43 bits per heavy atom. The average Bonchev–Trinajstić information content (AvgIpc) is 3.21. The number of benzene rings is 2. The smallest absolute Gasteiger partial charge is 0.207 e. The molecule has 8 heteroatoms. The van der Waals surface area contributed by atoms with Gasteiger partial charge in [0.05, 0.1) is 41.1 Å². The zero-order valence-corrected chi connectivity index (χ0v) is 16.2. The summed E-state index contributed by atoms with van der Waals surface area (Å²) in [6, 6.07) is 8.40. The van der Waals surface area contributed by atoms with Crippen molar-refractivity contribution >= 4 is 0 Å². The van der Waals surface area contributed by atoms with Crippen molar-refractivity contribution in [2.24, 2.45) is 0 Å². The van der Waals surface area contributed by atoms with E-state index in [9.17, 15) is 5.11 Å². The largest absolute Gasteiger partial charge is 0.504 e. The molecule has 1 N–H and O–H groups in total. The van der Waals surface area contributed by atoms with Gasteiger partial charge in [-0.3, -0.25) is 0 Å². The normalized spacial score (nSPS) is 10.5. The third-order valence-electron chi connectivity index (χ3n) is 4.24. The summed E-state index contributed by atoms with van der Waals surface area (Å²) in [6.45, 7) is 0. The minimum Gasteiger partial charge on any atom is -0.504 e. The van der Waals surface area contributed by atoms with Crippen LogP contribution in [0.15, 0.2) is 34.9 Å². The van der Waals surface area contributed by atoms with Crippen LogP contribution in [0.5, 0.6) is 34.5 Å². The standard InChI is InChI=1S/C20H21NO7/c1-23-15-7-6-11(8-14(15)22)16-10-13(21-28-16)12-9-17(24-2)19(26-4)20(27-5)18(12)25-3/h6-10,22H,1-5H3. The van der Waals surface area contributed by atoms with E-state index in [0.717, 1.165) is 0 Å². The number of aromatic hydroxyl groups is 1. The molecular weight excluding hydrogens is 366 g/mol. The van der Waals surface area contributed by atoms with Crippen molar-refractivity contribution in [3.8, 4) is 57.1 Å². The maximum absolute atomic E-state index is 10.00. The number of aromatic nitrogens is 1. The number of ether oxygens (including phenoxy) is 5. The third-order valence-corrected chi connectivity index (χ3v) is 4.24. The minimum absolute atomic E-state index is 0.00307. The van der Waals surface area contributed by atoms with Crippen LogP contribution in [0.2, 0.25) is 0 Å². The molecule has 1 heterocycles. The van der Waals surface area contributed by atoms with Gasteiger partial charge in [0.2, 0.25) is 11.5 Å². The van der Waals surface area contributed by atoms with Gasteiger partial charge < -0.3 is 33.3 Å². The molecule has 28 heavy (non-hydrogen) atoms. The SMILES string of the molecule is COc1ccc(-c2cc(-c3cc(OC)c(OC)c(OC)c3OC)no2)cc1O. The third kappa shape index (κ3) is 3.24. The van der Waals surface area contributed by atoms with Gasteiger partial charge in [-0.2, -0.15) is 0 Å². The fourth-order valence-corrected chi connectivity index (χ4v) is 2.90. The van der Waals surface area contributed by atoms with Gasteiger partial charge in [-0.05, 0) is 24.3 Å². The van der Waals surface area contributed by atoms with Crippen LogP contribution in [0.1, 0.15) is 0 Å². The Bertz CT molecular complexity index is 981. The number of phenols is 1. The summed E-state index contributed by atoms with van der Waals surface area (Å²) in [5, 5.41) is 14.1. The van der Waals surface area contributed by atoms with Crippen molar-refractivity contribution in [2.75, 3.05) is 35.5 Å². The number of hydrogen-bond acceptors (Lipinski definition) is 8. The number of hydrogen-bond donors (Lipinski definition) is 1. The highest BCUT2D eigenvalue weighted by molar-refractivity contribution is 5.79. The van der Waals surface area contributed by atoms with Crippen LogP contribution in [-0.4, -0.2) is 45.8 Å². The molecule has 3 aromatic rings. The highest BCUT2D eigenvalue weighted by Gasteiger charge is 2.24. The predicted molar refractivity (Wildman–Crippen MR) is 102 cm³/mol. The summed E-state index contributed by atoms with van der Waals surface area (Å²) in [5.41, 5.74) is 1.75. The van der Waals surface area contributed by atoms with Crippen molar-refractivity contribution in [1.29, 1.82) is 0 Å². The number of nitrogens with zero attached hydrogens (tertiary/aromatic N) is 1. The van der Waals surface area contributed by atoms with Crippen LogP contribution >= 0.6 is 0 Å². The van der Waals surface area contributed by atoms with E-state index in [1.807, 2.05) is 0 Å². The Balaban J connectivity index is 2.11. The van der Waals surface area contributed by atoms with E-state index in [2.05, 4.69) is 5.16 Å². The maximum atomic E-state index is 10.00. The second-order valence-corrected chi connectivity index (χ2v) is 5.69. The summed E-state index contributed by atoms with van der Waals surface area (Å²) >= 11 is 0. The number of methoxy groups -OCH3 is 5. The first-order chi connectivity index (χ1) is 13.6. The highest BCUT2D eigenvalue weighted by Crippen LogP contribution is 2.50. The molecule has 0 radical (unpaired) electrons. The molecule has 0 aliphatic carbocycles. The highest BCUT2D eigenvalue weighted by atomic mass is 16.5. The van der Waals surface area contributed by atoms with Gasteiger partial charge in [0.1, 0.15) is 5.69 Å². The summed E-state index contributed by atoms with van der Waals surface area (Å²) < 4.78 is 32.3. The summed E-state index contributed by atoms with van der Waals surface area (Å²) in [7, 11) is 7.57. The molecular formula is C20H21NO7. The van der Waals surface area contributed by atoms with Crippen molar-refractivity contribution in [3.63, 3.8) is 0 Å². The molecule has 0 aliphatic heterocycles. The van der Waals surface area contributed by atoms with E-state index < -0.39 is 0 Å². The van der Waals surface area contributed by atoms with Crippen LogP contribution in [0.4, 0.5) is 0 Å². The van der Waals surface area contributed by atoms with Gasteiger partial charge in [-0.15, -0.1) is 0 Å². The zero-order chi connectivity index (χ0) is 20.3. The predicted octanol–water partition coefficient (Wildman–Crippen LogP) is 3.76. The molecule has 3 rings (SSSR count). The molecule has 0 saturated heterocycles. The zero-order valence-electron chi connectivity index (χ0n) is 16.2. The summed E-state index contributed by atoms with van der Waals surface area (Å²) in [4.78, 5) is 0. The minimum atomic E-state index is 0.00307. The van der Waals surface area contributed by atoms with Gasteiger partial charge in [-0.25, -0.2) is 0 Å². The second-order valence-electron chi connectivity index (χ2n) is 5.69. The first kappa shape index (κ1) is 19.2. The van der Waals surface area contributed by atoms with Crippen molar-refractivity contribution in [2.45, 2.75) is 0 Å². The van der Waals surface area contributed by atoms with Gasteiger partial charge in [0.25, 0.3) is 0 Å². The van der Waals surface area contributed by atoms with Crippen LogP contribution in [-0.2, 0) is 0 Å². The molecule has 0 fully saturated rings. The van der Waals surface area contributed by atoms with E-state index in [-0.39, 0.29) is 5.75 Å². The lowest BCUT2D eigenvalue weighted by Crippen LogP contribution is -1.99. The Hall–Kier alpha value is -3.55. The van der Waals surface area contributed by atoms with E-state index in [1.54, 1.807) is 24.3 Å². The van der Waals surface area contributed by atoms with E-state index in [0.29, 0.717) is 51.3 Å². The molecule has 0 atom stereocenters. The molecule has 0 bridgehead atoms. The average molecular weight is 387 g/mol. The van der Waals surface area contributed by atoms with E-state index in [1.165, 1.54) is 41.6 Å². The summed E-state index contributed by atoms with van der Waals surface area (Å²) in [6.07, 6.45) is 0. The van der Waals surface area contributed by atoms with Crippen LogP contribution in [0.25, 0.3) is 22.6 Å². The molecule has 0 spiro atoms. The lowest BCUT2D eigenvalue weighted by Gasteiger charge is -2.17. The Morgan fingerprint density at radius 1 is 0.750 bits per heavy atom. The molecule has 1 aromatic heterocycles. The van der Waals surface area contributed by atoms with Crippen LogP contribution in [0.3, 0.4) is 0 Å². The number of phenolic OH excluding ortho intramolecular Hbond substituents is 1. The Kier molecular flexibility index (Phi) is 5.49. The van der Waals surface area contributed by atoms with Crippen LogP contribution in [0, 0.1) is 0 Å². The molecule has 8 nitrogen and oxygen atoms in total. The van der Waals surface area contributed by atoms with Crippen molar-refractivity contribution < 1.29 is 33.3 Å². The Labute approximate surface area is 162 Å². The van der Waals surface area contributed by atoms with E-state index in [4.69, 9.17) is 28.2 Å². The lowest BCUT2D eigenvalue weighted by atomic mass is 10.1. The van der Waals surface area contributed by atoms with Gasteiger partial charge in [0, 0.05) is 11.6 Å².